The van der Waals surface area contributed by atoms with E-state index in [1.54, 1.807) is 4.90 Å². The molecule has 1 saturated heterocycles. The van der Waals surface area contributed by atoms with Crippen molar-refractivity contribution < 1.29 is 22.8 Å². The van der Waals surface area contributed by atoms with Gasteiger partial charge in [0, 0.05) is 30.0 Å². The van der Waals surface area contributed by atoms with Crippen molar-refractivity contribution in [1.82, 2.24) is 10.2 Å². The Labute approximate surface area is 146 Å². The average Bonchev–Trinajstić information content (AvgIpc) is 2.54. The second-order valence-electron chi connectivity index (χ2n) is 5.75. The molecule has 0 radical (unpaired) electrons. The molecule has 4 nitrogen and oxygen atoms in total. The van der Waals surface area contributed by atoms with Gasteiger partial charge in [-0.2, -0.15) is 13.2 Å². The van der Waals surface area contributed by atoms with E-state index in [0.717, 1.165) is 10.0 Å². The largest absolute Gasteiger partial charge is 0.471 e. The highest BCUT2D eigenvalue weighted by Gasteiger charge is 2.40. The van der Waals surface area contributed by atoms with Gasteiger partial charge in [-0.3, -0.25) is 9.59 Å². The maximum absolute atomic E-state index is 12.2. The predicted octanol–water partition coefficient (Wildman–Crippen LogP) is 3.05. The number of aryl methyl sites for hydroxylation is 1. The van der Waals surface area contributed by atoms with Crippen LogP contribution in [0.25, 0.3) is 0 Å². The summed E-state index contributed by atoms with van der Waals surface area (Å²) in [6.45, 7) is 0.726. The van der Waals surface area contributed by atoms with Gasteiger partial charge in [0.1, 0.15) is 0 Å². The molecule has 1 aromatic carbocycles. The third-order valence-corrected chi connectivity index (χ3v) is 4.51. The van der Waals surface area contributed by atoms with Gasteiger partial charge < -0.3 is 10.2 Å². The molecule has 0 atom stereocenters. The number of amides is 2. The zero-order chi connectivity index (χ0) is 17.7. The van der Waals surface area contributed by atoms with Crippen molar-refractivity contribution in [2.75, 3.05) is 13.1 Å². The van der Waals surface area contributed by atoms with E-state index in [0.29, 0.717) is 38.8 Å². The van der Waals surface area contributed by atoms with E-state index in [1.165, 1.54) is 0 Å². The fourth-order valence-corrected chi connectivity index (χ4v) is 2.87. The Morgan fingerprint density at radius 3 is 2.29 bits per heavy atom. The third kappa shape index (κ3) is 5.51. The van der Waals surface area contributed by atoms with Gasteiger partial charge in [-0.15, -0.1) is 0 Å². The van der Waals surface area contributed by atoms with Crippen molar-refractivity contribution in [3.05, 3.63) is 34.3 Å². The number of rotatable bonds is 4. The quantitative estimate of drug-likeness (QED) is 0.835. The van der Waals surface area contributed by atoms with Crippen LogP contribution in [0.2, 0.25) is 0 Å². The van der Waals surface area contributed by atoms with E-state index in [4.69, 9.17) is 0 Å². The second kappa shape index (κ2) is 8.00. The van der Waals surface area contributed by atoms with E-state index < -0.39 is 18.1 Å². The minimum Gasteiger partial charge on any atom is -0.345 e. The van der Waals surface area contributed by atoms with Gasteiger partial charge in [-0.05, 0) is 37.0 Å². The van der Waals surface area contributed by atoms with Crippen molar-refractivity contribution in [3.8, 4) is 0 Å². The fourth-order valence-electron chi connectivity index (χ4n) is 2.60. The highest BCUT2D eigenvalue weighted by atomic mass is 79.9. The molecular formula is C16H18BrF3N2O2. The lowest BCUT2D eigenvalue weighted by Gasteiger charge is -2.32. The molecule has 1 fully saturated rings. The Hall–Kier alpha value is -1.57. The van der Waals surface area contributed by atoms with Gasteiger partial charge in [-0.25, -0.2) is 0 Å². The average molecular weight is 407 g/mol. The van der Waals surface area contributed by atoms with Gasteiger partial charge in [0.25, 0.3) is 0 Å². The molecule has 1 N–H and O–H groups in total. The fraction of sp³-hybridized carbons (Fsp3) is 0.500. The van der Waals surface area contributed by atoms with Crippen molar-refractivity contribution in [3.63, 3.8) is 0 Å². The van der Waals surface area contributed by atoms with Crippen molar-refractivity contribution in [2.45, 2.75) is 37.9 Å². The molecule has 1 heterocycles. The molecule has 0 aromatic heterocycles. The van der Waals surface area contributed by atoms with Crippen molar-refractivity contribution in [2.24, 2.45) is 0 Å². The highest BCUT2D eigenvalue weighted by Crippen LogP contribution is 2.18. The van der Waals surface area contributed by atoms with Crippen LogP contribution >= 0.6 is 15.9 Å². The Morgan fingerprint density at radius 2 is 1.75 bits per heavy atom. The first kappa shape index (κ1) is 18.8. The van der Waals surface area contributed by atoms with Gasteiger partial charge in [0.15, 0.2) is 0 Å². The summed E-state index contributed by atoms with van der Waals surface area (Å²) < 4.78 is 37.6. The monoisotopic (exact) mass is 406 g/mol. The first-order valence-corrected chi connectivity index (χ1v) is 8.45. The zero-order valence-electron chi connectivity index (χ0n) is 12.9. The zero-order valence-corrected chi connectivity index (χ0v) is 14.5. The van der Waals surface area contributed by atoms with Crippen LogP contribution in [-0.2, 0) is 16.0 Å². The van der Waals surface area contributed by atoms with Crippen LogP contribution in [0.15, 0.2) is 28.7 Å². The Balaban J connectivity index is 1.74. The van der Waals surface area contributed by atoms with Crippen LogP contribution in [0.3, 0.4) is 0 Å². The van der Waals surface area contributed by atoms with Gasteiger partial charge in [0.05, 0.1) is 0 Å². The summed E-state index contributed by atoms with van der Waals surface area (Å²) in [7, 11) is 0. The van der Waals surface area contributed by atoms with Crippen molar-refractivity contribution in [1.29, 1.82) is 0 Å². The summed E-state index contributed by atoms with van der Waals surface area (Å²) in [5, 5.41) is 1.98. The number of likely N-dealkylation sites (tertiary alicyclic amines) is 1. The smallest absolute Gasteiger partial charge is 0.345 e. The Bertz CT molecular complexity index is 582. The summed E-state index contributed by atoms with van der Waals surface area (Å²) in [5.41, 5.74) is 1.05. The predicted molar refractivity (Wildman–Crippen MR) is 86.3 cm³/mol. The molecule has 0 unspecified atom stereocenters. The standard InChI is InChI=1S/C16H18BrF3N2O2/c17-12-4-1-11(2-5-12)3-6-14(23)22-9-7-13(8-10-22)21-15(24)16(18,19)20/h1-2,4-5,13H,3,6-10H2,(H,21,24). The lowest BCUT2D eigenvalue weighted by Crippen LogP contribution is -2.49. The van der Waals surface area contributed by atoms with E-state index in [-0.39, 0.29) is 5.91 Å². The molecule has 1 aromatic rings. The molecule has 2 amide bonds. The van der Waals surface area contributed by atoms with Crippen LogP contribution in [0, 0.1) is 0 Å². The molecule has 1 aliphatic rings. The van der Waals surface area contributed by atoms with E-state index in [9.17, 15) is 22.8 Å². The number of hydrogen-bond acceptors (Lipinski definition) is 2. The molecule has 2 rings (SSSR count). The summed E-state index contributed by atoms with van der Waals surface area (Å²) in [4.78, 5) is 24.7. The topological polar surface area (TPSA) is 49.4 Å². The highest BCUT2D eigenvalue weighted by molar-refractivity contribution is 9.10. The SMILES string of the molecule is O=C(CCc1ccc(Br)cc1)N1CCC(NC(=O)C(F)(F)F)CC1. The van der Waals surface area contributed by atoms with Crippen molar-refractivity contribution >= 4 is 27.7 Å². The van der Waals surface area contributed by atoms with Gasteiger partial charge in [-0.1, -0.05) is 28.1 Å². The van der Waals surface area contributed by atoms with E-state index in [1.807, 2.05) is 29.6 Å². The number of nitrogens with zero attached hydrogens (tertiary/aromatic N) is 1. The van der Waals surface area contributed by atoms with E-state index >= 15 is 0 Å². The van der Waals surface area contributed by atoms with Crippen LogP contribution in [0.4, 0.5) is 13.2 Å². The first-order chi connectivity index (χ1) is 11.3. The number of benzene rings is 1. The summed E-state index contributed by atoms with van der Waals surface area (Å²) in [6.07, 6.45) is -3.20. The van der Waals surface area contributed by atoms with Crippen LogP contribution in [-0.4, -0.2) is 42.0 Å². The summed E-state index contributed by atoms with van der Waals surface area (Å²) >= 11 is 3.35. The minimum absolute atomic E-state index is 0.0153. The molecule has 132 valence electrons. The molecule has 0 aliphatic carbocycles. The van der Waals surface area contributed by atoms with Crippen LogP contribution in [0.1, 0.15) is 24.8 Å². The van der Waals surface area contributed by atoms with Crippen LogP contribution in [0.5, 0.6) is 0 Å². The van der Waals surface area contributed by atoms with Gasteiger partial charge >= 0.3 is 12.1 Å². The molecule has 8 heteroatoms. The maximum Gasteiger partial charge on any atom is 0.471 e. The maximum atomic E-state index is 12.2. The number of hydrogen-bond donors (Lipinski definition) is 1. The summed E-state index contributed by atoms with van der Waals surface area (Å²) in [5.74, 6) is -1.93. The van der Waals surface area contributed by atoms with E-state index in [2.05, 4.69) is 15.9 Å². The molecule has 24 heavy (non-hydrogen) atoms. The van der Waals surface area contributed by atoms with Gasteiger partial charge in [0.2, 0.25) is 5.91 Å². The number of alkyl halides is 3. The molecule has 0 saturated carbocycles. The Kier molecular flexibility index (Phi) is 6.26. The Morgan fingerprint density at radius 1 is 1.17 bits per heavy atom. The number of nitrogens with one attached hydrogen (secondary N) is 1. The summed E-state index contributed by atoms with van der Waals surface area (Å²) in [6, 6.07) is 7.17. The molecule has 0 spiro atoms. The second-order valence-corrected chi connectivity index (χ2v) is 6.67. The third-order valence-electron chi connectivity index (χ3n) is 3.98. The lowest BCUT2D eigenvalue weighted by atomic mass is 10.0. The first-order valence-electron chi connectivity index (χ1n) is 7.65. The molecular weight excluding hydrogens is 389 g/mol. The number of piperidine rings is 1. The minimum atomic E-state index is -4.86. The normalized spacial score (nSPS) is 16.1. The number of carbonyl (C=O) groups excluding carboxylic acids is 2. The molecule has 1 aliphatic heterocycles. The number of halogens is 4. The molecule has 0 bridgehead atoms. The van der Waals surface area contributed by atoms with Crippen LogP contribution < -0.4 is 5.32 Å². The number of carbonyl (C=O) groups is 2. The lowest BCUT2D eigenvalue weighted by molar-refractivity contribution is -0.174.